The largest absolute Gasteiger partial charge is 0.372 e. The molecule has 1 saturated heterocycles. The van der Waals surface area contributed by atoms with Gasteiger partial charge in [0.2, 0.25) is 0 Å². The van der Waals surface area contributed by atoms with E-state index in [0.717, 1.165) is 31.9 Å². The Labute approximate surface area is 112 Å². The first-order valence-electron chi connectivity index (χ1n) is 6.83. The molecule has 3 heteroatoms. The Kier molecular flexibility index (Phi) is 6.58. The van der Waals surface area contributed by atoms with Crippen molar-refractivity contribution in [1.82, 2.24) is 15.1 Å². The summed E-state index contributed by atoms with van der Waals surface area (Å²) in [4.78, 5) is 4.64. The SMILES string of the molecule is C=C/C=C(\C(=C)N(C)CCNC)N1CCCCC1. The van der Waals surface area contributed by atoms with Gasteiger partial charge in [-0.3, -0.25) is 0 Å². The lowest BCUT2D eigenvalue weighted by Crippen LogP contribution is -2.35. The smallest absolute Gasteiger partial charge is 0.0597 e. The van der Waals surface area contributed by atoms with Crippen molar-refractivity contribution < 1.29 is 0 Å². The zero-order valence-electron chi connectivity index (χ0n) is 11.9. The maximum absolute atomic E-state index is 4.24. The van der Waals surface area contributed by atoms with Gasteiger partial charge in [0.05, 0.1) is 11.4 Å². The Hall–Kier alpha value is -1.22. The molecule has 1 N–H and O–H groups in total. The summed E-state index contributed by atoms with van der Waals surface area (Å²) in [6.07, 6.45) is 7.86. The second kappa shape index (κ2) is 7.98. The molecule has 3 nitrogen and oxygen atoms in total. The second-order valence-corrected chi connectivity index (χ2v) is 4.81. The number of hydrogen-bond acceptors (Lipinski definition) is 3. The van der Waals surface area contributed by atoms with Crippen LogP contribution in [0.1, 0.15) is 19.3 Å². The van der Waals surface area contributed by atoms with Crippen molar-refractivity contribution in [2.45, 2.75) is 19.3 Å². The number of nitrogens with zero attached hydrogens (tertiary/aromatic N) is 2. The summed E-state index contributed by atoms with van der Waals surface area (Å²) in [6, 6.07) is 0. The third kappa shape index (κ3) is 4.22. The molecular formula is C15H27N3. The van der Waals surface area contributed by atoms with Crippen LogP contribution in [0.25, 0.3) is 0 Å². The first-order chi connectivity index (χ1) is 8.70. The van der Waals surface area contributed by atoms with Crippen LogP contribution in [0.15, 0.2) is 36.7 Å². The lowest BCUT2D eigenvalue weighted by molar-refractivity contribution is 0.273. The summed E-state index contributed by atoms with van der Waals surface area (Å²) in [5.41, 5.74) is 2.32. The van der Waals surface area contributed by atoms with Gasteiger partial charge in [0.25, 0.3) is 0 Å². The molecule has 0 unspecified atom stereocenters. The van der Waals surface area contributed by atoms with E-state index in [-0.39, 0.29) is 0 Å². The molecule has 102 valence electrons. The fourth-order valence-corrected chi connectivity index (χ4v) is 2.24. The standard InChI is InChI=1S/C15H27N3/c1-5-9-15(18-11-7-6-8-12-18)14(2)17(4)13-10-16-3/h5,9,16H,1-2,6-8,10-13H2,3-4H3/b15-9+. The number of hydrogen-bond donors (Lipinski definition) is 1. The molecule has 0 aliphatic carbocycles. The van der Waals surface area contributed by atoms with Gasteiger partial charge in [-0.1, -0.05) is 19.2 Å². The molecule has 1 heterocycles. The molecule has 0 atom stereocenters. The summed E-state index contributed by atoms with van der Waals surface area (Å²) >= 11 is 0. The molecule has 0 aromatic heterocycles. The fraction of sp³-hybridized carbons (Fsp3) is 0.600. The van der Waals surface area contributed by atoms with Crippen LogP contribution in [0.4, 0.5) is 0 Å². The minimum Gasteiger partial charge on any atom is -0.372 e. The van der Waals surface area contributed by atoms with Gasteiger partial charge in [-0.05, 0) is 32.4 Å². The van der Waals surface area contributed by atoms with E-state index in [1.807, 2.05) is 13.1 Å². The highest BCUT2D eigenvalue weighted by atomic mass is 15.2. The quantitative estimate of drug-likeness (QED) is 0.698. The van der Waals surface area contributed by atoms with Crippen molar-refractivity contribution in [3.05, 3.63) is 36.7 Å². The van der Waals surface area contributed by atoms with Crippen molar-refractivity contribution in [2.24, 2.45) is 0 Å². The van der Waals surface area contributed by atoms with Crippen molar-refractivity contribution in [3.8, 4) is 0 Å². The normalized spacial score (nSPS) is 16.6. The van der Waals surface area contributed by atoms with Gasteiger partial charge in [-0.15, -0.1) is 0 Å². The van der Waals surface area contributed by atoms with Crippen LogP contribution in [0.2, 0.25) is 0 Å². The summed E-state index contributed by atoms with van der Waals surface area (Å²) in [7, 11) is 4.07. The Morgan fingerprint density at radius 3 is 2.56 bits per heavy atom. The van der Waals surface area contributed by atoms with E-state index in [2.05, 4.69) is 41.4 Å². The van der Waals surface area contributed by atoms with Crippen LogP contribution in [-0.2, 0) is 0 Å². The van der Waals surface area contributed by atoms with Crippen LogP contribution in [-0.4, -0.2) is 50.1 Å². The molecule has 1 aliphatic rings. The lowest BCUT2D eigenvalue weighted by atomic mass is 10.1. The monoisotopic (exact) mass is 249 g/mol. The number of piperidine rings is 1. The van der Waals surface area contributed by atoms with Gasteiger partial charge in [0, 0.05) is 33.2 Å². The Morgan fingerprint density at radius 1 is 1.33 bits per heavy atom. The van der Waals surface area contributed by atoms with E-state index in [9.17, 15) is 0 Å². The van der Waals surface area contributed by atoms with Crippen LogP contribution in [0, 0.1) is 0 Å². The first kappa shape index (κ1) is 14.8. The Bertz CT molecular complexity index is 301. The molecule has 1 aliphatic heterocycles. The molecule has 0 aromatic carbocycles. The molecule has 18 heavy (non-hydrogen) atoms. The predicted molar refractivity (Wildman–Crippen MR) is 79.4 cm³/mol. The summed E-state index contributed by atoms with van der Waals surface area (Å²) in [5.74, 6) is 0. The van der Waals surface area contributed by atoms with Gasteiger partial charge in [0.1, 0.15) is 0 Å². The van der Waals surface area contributed by atoms with E-state index in [0.29, 0.717) is 0 Å². The van der Waals surface area contributed by atoms with Crippen molar-refractivity contribution >= 4 is 0 Å². The summed E-state index contributed by atoms with van der Waals surface area (Å²) < 4.78 is 0. The molecule has 0 amide bonds. The molecule has 0 radical (unpaired) electrons. The molecule has 0 saturated carbocycles. The zero-order valence-corrected chi connectivity index (χ0v) is 11.9. The average molecular weight is 249 g/mol. The molecular weight excluding hydrogens is 222 g/mol. The van der Waals surface area contributed by atoms with Crippen LogP contribution in [0.5, 0.6) is 0 Å². The van der Waals surface area contributed by atoms with Gasteiger partial charge in [-0.2, -0.15) is 0 Å². The summed E-state index contributed by atoms with van der Waals surface area (Å²) in [5, 5.41) is 3.17. The molecule has 1 rings (SSSR count). The van der Waals surface area contributed by atoms with Gasteiger partial charge in [-0.25, -0.2) is 0 Å². The van der Waals surface area contributed by atoms with E-state index < -0.39 is 0 Å². The fourth-order valence-electron chi connectivity index (χ4n) is 2.24. The third-order valence-corrected chi connectivity index (χ3v) is 3.43. The summed E-state index contributed by atoms with van der Waals surface area (Å²) in [6.45, 7) is 12.3. The van der Waals surface area contributed by atoms with Crippen molar-refractivity contribution in [1.29, 1.82) is 0 Å². The van der Waals surface area contributed by atoms with E-state index in [4.69, 9.17) is 0 Å². The lowest BCUT2D eigenvalue weighted by Gasteiger charge is -2.35. The highest BCUT2D eigenvalue weighted by Crippen LogP contribution is 2.21. The maximum Gasteiger partial charge on any atom is 0.0597 e. The number of likely N-dealkylation sites (N-methyl/N-ethyl adjacent to an activating group) is 2. The van der Waals surface area contributed by atoms with E-state index >= 15 is 0 Å². The van der Waals surface area contributed by atoms with Gasteiger partial charge in [0.15, 0.2) is 0 Å². The van der Waals surface area contributed by atoms with Crippen LogP contribution >= 0.6 is 0 Å². The van der Waals surface area contributed by atoms with Gasteiger partial charge >= 0.3 is 0 Å². The van der Waals surface area contributed by atoms with Crippen LogP contribution < -0.4 is 5.32 Å². The number of rotatable bonds is 7. The van der Waals surface area contributed by atoms with E-state index in [1.165, 1.54) is 25.0 Å². The minimum absolute atomic E-state index is 0.969. The Morgan fingerprint density at radius 2 is 2.00 bits per heavy atom. The van der Waals surface area contributed by atoms with Crippen LogP contribution in [0.3, 0.4) is 0 Å². The van der Waals surface area contributed by atoms with Crippen molar-refractivity contribution in [2.75, 3.05) is 40.3 Å². The third-order valence-electron chi connectivity index (χ3n) is 3.43. The molecule has 1 fully saturated rings. The number of allylic oxidation sites excluding steroid dienone is 2. The average Bonchev–Trinajstić information content (AvgIpc) is 2.42. The minimum atomic E-state index is 0.969. The molecule has 0 bridgehead atoms. The Balaban J connectivity index is 2.68. The highest BCUT2D eigenvalue weighted by Gasteiger charge is 2.17. The zero-order chi connectivity index (χ0) is 13.4. The maximum atomic E-state index is 4.24. The predicted octanol–water partition coefficient (Wildman–Crippen LogP) is 2.21. The first-order valence-corrected chi connectivity index (χ1v) is 6.83. The highest BCUT2D eigenvalue weighted by molar-refractivity contribution is 5.29. The number of likely N-dealkylation sites (tertiary alicyclic amines) is 1. The molecule has 0 spiro atoms. The van der Waals surface area contributed by atoms with Crippen molar-refractivity contribution in [3.63, 3.8) is 0 Å². The van der Waals surface area contributed by atoms with E-state index in [1.54, 1.807) is 0 Å². The van der Waals surface area contributed by atoms with Gasteiger partial charge < -0.3 is 15.1 Å². The second-order valence-electron chi connectivity index (χ2n) is 4.81. The topological polar surface area (TPSA) is 18.5 Å². The molecule has 0 aromatic rings. The number of nitrogens with one attached hydrogen (secondary N) is 1.